The molecule has 2 N–H and O–H groups in total. The van der Waals surface area contributed by atoms with Crippen molar-refractivity contribution in [2.24, 2.45) is 0 Å². The van der Waals surface area contributed by atoms with Gasteiger partial charge >= 0.3 is 0 Å². The Morgan fingerprint density at radius 3 is 2.54 bits per heavy atom. The zero-order valence-electron chi connectivity index (χ0n) is 13.9. The van der Waals surface area contributed by atoms with Crippen LogP contribution in [0.5, 0.6) is 0 Å². The van der Waals surface area contributed by atoms with E-state index in [9.17, 15) is 9.59 Å². The van der Waals surface area contributed by atoms with Gasteiger partial charge in [0.05, 0.1) is 17.3 Å². The van der Waals surface area contributed by atoms with Crippen LogP contribution in [0.2, 0.25) is 10.0 Å². The first-order valence-corrected chi connectivity index (χ1v) is 8.40. The Hall–Kier alpha value is -1.01. The van der Waals surface area contributed by atoms with Gasteiger partial charge in [-0.3, -0.25) is 9.59 Å². The number of hydrogen-bond donors (Lipinski definition) is 2. The fourth-order valence-electron chi connectivity index (χ4n) is 2.09. The van der Waals surface area contributed by atoms with Crippen molar-refractivity contribution in [1.29, 1.82) is 0 Å². The lowest BCUT2D eigenvalue weighted by molar-refractivity contribution is -0.134. The van der Waals surface area contributed by atoms with Gasteiger partial charge in [-0.1, -0.05) is 30.1 Å². The summed E-state index contributed by atoms with van der Waals surface area (Å²) < 4.78 is 0. The van der Waals surface area contributed by atoms with Crippen LogP contribution in [0.15, 0.2) is 18.2 Å². The van der Waals surface area contributed by atoms with Gasteiger partial charge in [-0.05, 0) is 44.6 Å². The molecule has 136 valence electrons. The largest absolute Gasteiger partial charge is 0.333 e. The second-order valence-electron chi connectivity index (χ2n) is 5.19. The average Bonchev–Trinajstić information content (AvgIpc) is 2.50. The van der Waals surface area contributed by atoms with E-state index in [0.29, 0.717) is 28.7 Å². The molecule has 0 heterocycles. The topological polar surface area (TPSA) is 61.4 Å². The van der Waals surface area contributed by atoms with Gasteiger partial charge in [0.2, 0.25) is 11.8 Å². The highest BCUT2D eigenvalue weighted by atomic mass is 35.5. The quantitative estimate of drug-likeness (QED) is 0.627. The van der Waals surface area contributed by atoms with Gasteiger partial charge in [0.1, 0.15) is 0 Å². The molecular formula is C16H24Cl3N3O2. The number of anilines is 1. The Kier molecular flexibility index (Phi) is 11.8. The van der Waals surface area contributed by atoms with Crippen LogP contribution in [0, 0.1) is 0 Å². The third kappa shape index (κ3) is 8.20. The summed E-state index contributed by atoms with van der Waals surface area (Å²) in [6.45, 7) is 3.32. The van der Waals surface area contributed by atoms with Crippen LogP contribution < -0.4 is 10.6 Å². The molecule has 8 heteroatoms. The van der Waals surface area contributed by atoms with Crippen LogP contribution in [0.25, 0.3) is 0 Å². The van der Waals surface area contributed by atoms with Crippen molar-refractivity contribution in [3.05, 3.63) is 28.2 Å². The summed E-state index contributed by atoms with van der Waals surface area (Å²) in [5.41, 5.74) is 0.486. The third-order valence-electron chi connectivity index (χ3n) is 3.20. The molecule has 0 saturated heterocycles. The molecule has 0 spiro atoms. The molecule has 0 aromatic heterocycles. The highest BCUT2D eigenvalue weighted by molar-refractivity contribution is 6.36. The van der Waals surface area contributed by atoms with E-state index >= 15 is 0 Å². The molecule has 5 nitrogen and oxygen atoms in total. The number of halogens is 3. The number of amides is 2. The molecule has 0 unspecified atom stereocenters. The van der Waals surface area contributed by atoms with Gasteiger partial charge in [0.25, 0.3) is 0 Å². The van der Waals surface area contributed by atoms with Crippen molar-refractivity contribution in [2.75, 3.05) is 32.0 Å². The number of carbonyl (C=O) groups is 2. The number of rotatable bonds is 9. The van der Waals surface area contributed by atoms with E-state index in [0.717, 1.165) is 19.4 Å². The van der Waals surface area contributed by atoms with Gasteiger partial charge < -0.3 is 15.5 Å². The molecule has 0 aliphatic carbocycles. The van der Waals surface area contributed by atoms with E-state index in [1.54, 1.807) is 23.1 Å². The fourth-order valence-corrected chi connectivity index (χ4v) is 2.55. The predicted molar refractivity (Wildman–Crippen MR) is 102 cm³/mol. The minimum absolute atomic E-state index is 0. The summed E-state index contributed by atoms with van der Waals surface area (Å²) >= 11 is 11.9. The fraction of sp³-hybridized carbons (Fsp3) is 0.500. The summed E-state index contributed by atoms with van der Waals surface area (Å²) in [4.78, 5) is 25.9. The first kappa shape index (κ1) is 23.0. The standard InChI is InChI=1S/C16H23Cl2N3O2.ClH/c1-3-9-21(16(23)5-4-8-19-2)11-15(22)20-14-7-6-12(17)10-13(14)18;/h6-7,10,19H,3-5,8-9,11H2,1-2H3,(H,20,22);1H. The highest BCUT2D eigenvalue weighted by Gasteiger charge is 2.16. The molecule has 24 heavy (non-hydrogen) atoms. The van der Waals surface area contributed by atoms with Gasteiger partial charge in [-0.15, -0.1) is 12.4 Å². The molecule has 0 radical (unpaired) electrons. The van der Waals surface area contributed by atoms with Crippen molar-refractivity contribution < 1.29 is 9.59 Å². The summed E-state index contributed by atoms with van der Waals surface area (Å²) in [5.74, 6) is -0.288. The van der Waals surface area contributed by atoms with Crippen LogP contribution in [-0.2, 0) is 9.59 Å². The molecular weight excluding hydrogens is 373 g/mol. The summed E-state index contributed by atoms with van der Waals surface area (Å²) in [7, 11) is 1.84. The Morgan fingerprint density at radius 2 is 1.96 bits per heavy atom. The maximum Gasteiger partial charge on any atom is 0.244 e. The molecule has 0 atom stereocenters. The van der Waals surface area contributed by atoms with Crippen molar-refractivity contribution in [3.63, 3.8) is 0 Å². The Bertz CT molecular complexity index is 541. The summed E-state index contributed by atoms with van der Waals surface area (Å²) in [5, 5.41) is 6.58. The third-order valence-corrected chi connectivity index (χ3v) is 3.75. The lowest BCUT2D eigenvalue weighted by Crippen LogP contribution is -2.38. The summed E-state index contributed by atoms with van der Waals surface area (Å²) in [6, 6.07) is 4.85. The molecule has 1 aromatic carbocycles. The van der Waals surface area contributed by atoms with E-state index in [-0.39, 0.29) is 30.8 Å². The summed E-state index contributed by atoms with van der Waals surface area (Å²) in [6.07, 6.45) is 1.97. The van der Waals surface area contributed by atoms with Crippen molar-refractivity contribution in [2.45, 2.75) is 26.2 Å². The average molecular weight is 397 g/mol. The van der Waals surface area contributed by atoms with Crippen molar-refractivity contribution in [1.82, 2.24) is 10.2 Å². The van der Waals surface area contributed by atoms with Gasteiger partial charge in [-0.2, -0.15) is 0 Å². The smallest absolute Gasteiger partial charge is 0.244 e. The maximum absolute atomic E-state index is 12.2. The molecule has 2 amide bonds. The lowest BCUT2D eigenvalue weighted by atomic mass is 10.2. The minimum atomic E-state index is -0.273. The van der Waals surface area contributed by atoms with Crippen LogP contribution in [0.1, 0.15) is 26.2 Å². The zero-order chi connectivity index (χ0) is 17.2. The van der Waals surface area contributed by atoms with E-state index < -0.39 is 0 Å². The van der Waals surface area contributed by atoms with E-state index in [4.69, 9.17) is 23.2 Å². The number of nitrogens with zero attached hydrogens (tertiary/aromatic N) is 1. The maximum atomic E-state index is 12.2. The first-order valence-electron chi connectivity index (χ1n) is 7.65. The molecule has 0 aliphatic heterocycles. The van der Waals surface area contributed by atoms with E-state index in [1.807, 2.05) is 14.0 Å². The Labute approximate surface area is 159 Å². The van der Waals surface area contributed by atoms with Crippen LogP contribution in [-0.4, -0.2) is 43.4 Å². The van der Waals surface area contributed by atoms with Crippen LogP contribution in [0.4, 0.5) is 5.69 Å². The lowest BCUT2D eigenvalue weighted by Gasteiger charge is -2.22. The first-order chi connectivity index (χ1) is 11.0. The molecule has 0 fully saturated rings. The number of benzene rings is 1. The van der Waals surface area contributed by atoms with Crippen molar-refractivity contribution in [3.8, 4) is 0 Å². The number of carbonyl (C=O) groups excluding carboxylic acids is 2. The monoisotopic (exact) mass is 395 g/mol. The Balaban J connectivity index is 0.00000529. The van der Waals surface area contributed by atoms with Gasteiger partial charge in [-0.25, -0.2) is 0 Å². The second-order valence-corrected chi connectivity index (χ2v) is 6.04. The van der Waals surface area contributed by atoms with E-state index in [2.05, 4.69) is 10.6 Å². The highest BCUT2D eigenvalue weighted by Crippen LogP contribution is 2.25. The molecule has 1 rings (SSSR count). The SMILES string of the molecule is CCCN(CC(=O)Nc1ccc(Cl)cc1Cl)C(=O)CCCNC.Cl. The zero-order valence-corrected chi connectivity index (χ0v) is 16.2. The number of nitrogens with one attached hydrogen (secondary N) is 2. The Morgan fingerprint density at radius 1 is 1.25 bits per heavy atom. The molecule has 0 saturated carbocycles. The molecule has 1 aromatic rings. The number of hydrogen-bond acceptors (Lipinski definition) is 3. The normalized spacial score (nSPS) is 10.0. The molecule has 0 aliphatic rings. The van der Waals surface area contributed by atoms with Gasteiger partial charge in [0, 0.05) is 18.0 Å². The predicted octanol–water partition coefficient (Wildman–Crippen LogP) is 3.59. The van der Waals surface area contributed by atoms with Crippen molar-refractivity contribution >= 4 is 53.1 Å². The van der Waals surface area contributed by atoms with Gasteiger partial charge in [0.15, 0.2) is 0 Å². The molecule has 0 bridgehead atoms. The second kappa shape index (κ2) is 12.4. The van der Waals surface area contributed by atoms with Crippen LogP contribution in [0.3, 0.4) is 0 Å². The van der Waals surface area contributed by atoms with Crippen LogP contribution >= 0.6 is 35.6 Å². The minimum Gasteiger partial charge on any atom is -0.333 e. The van der Waals surface area contributed by atoms with E-state index in [1.165, 1.54) is 0 Å².